The Morgan fingerprint density at radius 2 is 2.11 bits per heavy atom. The van der Waals surface area contributed by atoms with E-state index in [4.69, 9.17) is 5.73 Å². The van der Waals surface area contributed by atoms with Crippen molar-refractivity contribution in [2.75, 3.05) is 6.54 Å². The van der Waals surface area contributed by atoms with Gasteiger partial charge in [-0.05, 0) is 18.1 Å². The van der Waals surface area contributed by atoms with Gasteiger partial charge in [0.1, 0.15) is 5.69 Å². The number of amides is 1. The summed E-state index contributed by atoms with van der Waals surface area (Å²) in [5, 5.41) is 3.99. The maximum Gasteiger partial charge on any atom is 0.267 e. The fourth-order valence-corrected chi connectivity index (χ4v) is 1.94. The first-order chi connectivity index (χ1) is 8.61. The topological polar surface area (TPSA) is 70.9 Å². The number of carbonyl (C=O) groups is 1. The lowest BCUT2D eigenvalue weighted by Gasteiger charge is -2.19. The fourth-order valence-electron chi connectivity index (χ4n) is 1.94. The summed E-state index contributed by atoms with van der Waals surface area (Å²) in [5.41, 5.74) is 7.20. The molecule has 1 heterocycles. The first-order valence-corrected chi connectivity index (χ1v) is 6.20. The smallest absolute Gasteiger partial charge is 0.267 e. The molecular weight excluding hydrogens is 226 g/mol. The van der Waals surface area contributed by atoms with Crippen molar-refractivity contribution in [2.24, 2.45) is 11.7 Å². The number of nitrogens with two attached hydrogens (primary N) is 1. The normalized spacial score (nSPS) is 12.9. The van der Waals surface area contributed by atoms with E-state index in [1.165, 1.54) is 0 Å². The lowest BCUT2D eigenvalue weighted by molar-refractivity contribution is 0.0923. The fraction of sp³-hybridized carbons (Fsp3) is 0.357. The molecule has 0 fully saturated rings. The third kappa shape index (κ3) is 2.54. The van der Waals surface area contributed by atoms with E-state index >= 15 is 0 Å². The van der Waals surface area contributed by atoms with Gasteiger partial charge in [0.2, 0.25) is 0 Å². The third-order valence-electron chi connectivity index (χ3n) is 3.15. The first kappa shape index (κ1) is 12.6. The van der Waals surface area contributed by atoms with Gasteiger partial charge in [0.05, 0.1) is 0 Å². The van der Waals surface area contributed by atoms with Gasteiger partial charge in [0, 0.05) is 23.5 Å². The van der Waals surface area contributed by atoms with Gasteiger partial charge in [-0.1, -0.05) is 32.0 Å². The Morgan fingerprint density at radius 1 is 1.39 bits per heavy atom. The van der Waals surface area contributed by atoms with Crippen LogP contribution in [0.1, 0.15) is 24.3 Å². The molecule has 0 radical (unpaired) electrons. The van der Waals surface area contributed by atoms with Gasteiger partial charge in [-0.3, -0.25) is 4.79 Å². The van der Waals surface area contributed by atoms with Gasteiger partial charge in [-0.15, -0.1) is 0 Å². The van der Waals surface area contributed by atoms with Crippen LogP contribution in [0.3, 0.4) is 0 Å². The van der Waals surface area contributed by atoms with Crippen molar-refractivity contribution in [1.82, 2.24) is 10.3 Å². The number of rotatable bonds is 4. The van der Waals surface area contributed by atoms with Gasteiger partial charge in [0.15, 0.2) is 0 Å². The van der Waals surface area contributed by atoms with Crippen molar-refractivity contribution in [3.05, 3.63) is 36.0 Å². The highest BCUT2D eigenvalue weighted by molar-refractivity contribution is 5.98. The number of fused-ring (bicyclic) bond motifs is 1. The van der Waals surface area contributed by atoms with Crippen LogP contribution in [0, 0.1) is 5.92 Å². The Labute approximate surface area is 107 Å². The van der Waals surface area contributed by atoms with Crippen LogP contribution >= 0.6 is 0 Å². The molecule has 4 heteroatoms. The zero-order valence-corrected chi connectivity index (χ0v) is 10.7. The number of hydrogen-bond donors (Lipinski definition) is 3. The van der Waals surface area contributed by atoms with Crippen LogP contribution in [0.2, 0.25) is 0 Å². The van der Waals surface area contributed by atoms with E-state index in [9.17, 15) is 4.79 Å². The lowest BCUT2D eigenvalue weighted by Crippen LogP contribution is -2.43. The third-order valence-corrected chi connectivity index (χ3v) is 3.15. The number of aromatic nitrogens is 1. The number of carbonyl (C=O) groups excluding carboxylic acids is 1. The molecule has 0 saturated heterocycles. The Hall–Kier alpha value is -1.81. The highest BCUT2D eigenvalue weighted by Gasteiger charge is 2.16. The molecular formula is C14H19N3O. The predicted octanol–water partition coefficient (Wildman–Crippen LogP) is 1.88. The first-order valence-electron chi connectivity index (χ1n) is 6.20. The van der Waals surface area contributed by atoms with Crippen LogP contribution in [0.25, 0.3) is 10.9 Å². The number of H-pyrrole nitrogens is 1. The van der Waals surface area contributed by atoms with Crippen LogP contribution in [0.4, 0.5) is 0 Å². The Morgan fingerprint density at radius 3 is 2.72 bits per heavy atom. The molecule has 0 aliphatic carbocycles. The maximum atomic E-state index is 12.1. The molecule has 1 unspecified atom stereocenters. The minimum Gasteiger partial charge on any atom is -0.351 e. The Balaban J connectivity index is 2.18. The van der Waals surface area contributed by atoms with E-state index < -0.39 is 0 Å². The van der Waals surface area contributed by atoms with E-state index in [0.717, 1.165) is 10.9 Å². The van der Waals surface area contributed by atoms with Gasteiger partial charge >= 0.3 is 0 Å². The summed E-state index contributed by atoms with van der Waals surface area (Å²) < 4.78 is 0. The highest BCUT2D eigenvalue weighted by atomic mass is 16.1. The average Bonchev–Trinajstić information content (AvgIpc) is 2.79. The summed E-state index contributed by atoms with van der Waals surface area (Å²) in [4.78, 5) is 15.2. The van der Waals surface area contributed by atoms with Crippen molar-refractivity contribution < 1.29 is 4.79 Å². The van der Waals surface area contributed by atoms with Crippen molar-refractivity contribution >= 4 is 16.8 Å². The molecule has 0 aliphatic rings. The zero-order valence-electron chi connectivity index (χ0n) is 10.7. The molecule has 0 saturated carbocycles. The second kappa shape index (κ2) is 5.23. The predicted molar refractivity (Wildman–Crippen MR) is 73.4 cm³/mol. The molecule has 0 spiro atoms. The van der Waals surface area contributed by atoms with Gasteiger partial charge in [0.25, 0.3) is 5.91 Å². The summed E-state index contributed by atoms with van der Waals surface area (Å²) in [7, 11) is 0. The van der Waals surface area contributed by atoms with E-state index in [1.54, 1.807) is 0 Å². The summed E-state index contributed by atoms with van der Waals surface area (Å²) in [6.07, 6.45) is 0. The van der Waals surface area contributed by atoms with Crippen molar-refractivity contribution in [1.29, 1.82) is 0 Å². The molecule has 1 amide bonds. The minimum absolute atomic E-state index is 0.00362. The number of hydrogen-bond acceptors (Lipinski definition) is 2. The van der Waals surface area contributed by atoms with Crippen LogP contribution in [0.15, 0.2) is 30.3 Å². The number of benzene rings is 1. The van der Waals surface area contributed by atoms with Gasteiger partial charge in [-0.2, -0.15) is 0 Å². The molecule has 1 atom stereocenters. The number of aromatic amines is 1. The number of para-hydroxylation sites is 1. The molecule has 4 nitrogen and oxygen atoms in total. The molecule has 1 aromatic carbocycles. The van der Waals surface area contributed by atoms with Gasteiger partial charge < -0.3 is 16.0 Å². The molecule has 96 valence electrons. The van der Waals surface area contributed by atoms with E-state index in [1.807, 2.05) is 44.2 Å². The van der Waals surface area contributed by atoms with Crippen LogP contribution < -0.4 is 11.1 Å². The summed E-state index contributed by atoms with van der Waals surface area (Å²) in [5.74, 6) is 0.221. The van der Waals surface area contributed by atoms with E-state index in [0.29, 0.717) is 18.2 Å². The molecule has 4 N–H and O–H groups in total. The monoisotopic (exact) mass is 245 g/mol. The van der Waals surface area contributed by atoms with E-state index in [2.05, 4.69) is 10.3 Å². The highest BCUT2D eigenvalue weighted by Crippen LogP contribution is 2.14. The second-order valence-corrected chi connectivity index (χ2v) is 4.83. The minimum atomic E-state index is -0.102. The van der Waals surface area contributed by atoms with Crippen LogP contribution in [-0.4, -0.2) is 23.5 Å². The van der Waals surface area contributed by atoms with Crippen molar-refractivity contribution in [3.63, 3.8) is 0 Å². The zero-order chi connectivity index (χ0) is 13.1. The maximum absolute atomic E-state index is 12.1. The van der Waals surface area contributed by atoms with Crippen molar-refractivity contribution in [2.45, 2.75) is 19.9 Å². The summed E-state index contributed by atoms with van der Waals surface area (Å²) in [6.45, 7) is 4.54. The molecule has 0 bridgehead atoms. The van der Waals surface area contributed by atoms with Crippen molar-refractivity contribution in [3.8, 4) is 0 Å². The lowest BCUT2D eigenvalue weighted by atomic mass is 10.0. The quantitative estimate of drug-likeness (QED) is 0.769. The van der Waals surface area contributed by atoms with E-state index in [-0.39, 0.29) is 11.9 Å². The molecule has 1 aromatic heterocycles. The molecule has 2 aromatic rings. The standard InChI is InChI=1S/C14H19N3O/c1-9(2)13(8-15)17-14(18)12-7-10-5-3-4-6-11(10)16-12/h3-7,9,13,16H,8,15H2,1-2H3,(H,17,18). The summed E-state index contributed by atoms with van der Waals surface area (Å²) >= 11 is 0. The second-order valence-electron chi connectivity index (χ2n) is 4.83. The molecule has 2 rings (SSSR count). The average molecular weight is 245 g/mol. The Kier molecular flexibility index (Phi) is 3.67. The Bertz CT molecular complexity index is 512. The largest absolute Gasteiger partial charge is 0.351 e. The SMILES string of the molecule is CC(C)C(CN)NC(=O)c1cc2ccccc2[nH]1. The van der Waals surface area contributed by atoms with Crippen LogP contribution in [-0.2, 0) is 0 Å². The summed E-state index contributed by atoms with van der Waals surface area (Å²) in [6, 6.07) is 9.69. The molecule has 18 heavy (non-hydrogen) atoms. The molecule has 0 aliphatic heterocycles. The van der Waals surface area contributed by atoms with Gasteiger partial charge in [-0.25, -0.2) is 0 Å². The number of nitrogens with one attached hydrogen (secondary N) is 2. The van der Waals surface area contributed by atoms with Crippen LogP contribution in [0.5, 0.6) is 0 Å².